The number of thiophene rings is 1. The van der Waals surface area contributed by atoms with Gasteiger partial charge in [0.25, 0.3) is 5.89 Å². The number of aromatic nitrogens is 2. The second kappa shape index (κ2) is 5.68. The third-order valence-electron chi connectivity index (χ3n) is 2.78. The van der Waals surface area contributed by atoms with Crippen molar-refractivity contribution in [2.75, 3.05) is 11.5 Å². The quantitative estimate of drug-likeness (QED) is 0.733. The molecule has 4 nitrogen and oxygen atoms in total. The van der Waals surface area contributed by atoms with Gasteiger partial charge < -0.3 is 10.3 Å². The van der Waals surface area contributed by atoms with Crippen LogP contribution >= 0.6 is 23.1 Å². The lowest BCUT2D eigenvalue weighted by molar-refractivity contribution is 0.432. The predicted octanol–water partition coefficient (Wildman–Crippen LogP) is 4.16. The molecule has 0 atom stereocenters. The summed E-state index contributed by atoms with van der Waals surface area (Å²) in [6, 6.07) is 10.0. The first-order chi connectivity index (χ1) is 9.78. The summed E-state index contributed by atoms with van der Waals surface area (Å²) in [4.78, 5) is 5.64. The van der Waals surface area contributed by atoms with Gasteiger partial charge in [-0.05, 0) is 41.5 Å². The average molecular weight is 303 g/mol. The normalized spacial score (nSPS) is 10.8. The van der Waals surface area contributed by atoms with Crippen LogP contribution in [-0.2, 0) is 0 Å². The van der Waals surface area contributed by atoms with Crippen molar-refractivity contribution in [1.82, 2.24) is 10.1 Å². The second-order valence-corrected chi connectivity index (χ2v) is 6.36. The minimum absolute atomic E-state index is 0.464. The summed E-state index contributed by atoms with van der Waals surface area (Å²) in [7, 11) is 0. The molecule has 3 rings (SSSR count). The minimum atomic E-state index is 0.464. The Labute approximate surface area is 125 Å². The van der Waals surface area contributed by atoms with Gasteiger partial charge in [0.2, 0.25) is 5.82 Å². The Kier molecular flexibility index (Phi) is 3.75. The van der Waals surface area contributed by atoms with Crippen molar-refractivity contribution in [2.24, 2.45) is 0 Å². The van der Waals surface area contributed by atoms with Crippen molar-refractivity contribution < 1.29 is 4.52 Å². The molecule has 2 N–H and O–H groups in total. The predicted molar refractivity (Wildman–Crippen MR) is 83.9 cm³/mol. The molecule has 1 aromatic carbocycles. The summed E-state index contributed by atoms with van der Waals surface area (Å²) < 4.78 is 5.28. The van der Waals surface area contributed by atoms with Crippen LogP contribution in [-0.4, -0.2) is 15.9 Å². The number of rotatable bonds is 4. The number of thioether (sulfide) groups is 1. The Morgan fingerprint density at radius 1 is 1.25 bits per heavy atom. The van der Waals surface area contributed by atoms with Crippen molar-refractivity contribution in [3.8, 4) is 22.8 Å². The van der Waals surface area contributed by atoms with E-state index in [0.717, 1.165) is 16.9 Å². The Morgan fingerprint density at radius 3 is 2.70 bits per heavy atom. The van der Waals surface area contributed by atoms with E-state index in [1.54, 1.807) is 11.8 Å². The number of anilines is 1. The van der Waals surface area contributed by atoms with Gasteiger partial charge in [-0.2, -0.15) is 4.98 Å². The highest BCUT2D eigenvalue weighted by atomic mass is 32.2. The van der Waals surface area contributed by atoms with Gasteiger partial charge in [-0.1, -0.05) is 12.1 Å². The maximum atomic E-state index is 5.86. The monoisotopic (exact) mass is 303 g/mol. The van der Waals surface area contributed by atoms with Crippen LogP contribution in [0.4, 0.5) is 5.00 Å². The Morgan fingerprint density at radius 2 is 2.05 bits per heavy atom. The SMILES string of the molecule is CCSc1ccc(-c2noc(-c3ccsc3N)n2)cc1. The first-order valence-electron chi connectivity index (χ1n) is 6.18. The molecule has 3 aromatic rings. The fourth-order valence-corrected chi connectivity index (χ4v) is 3.11. The summed E-state index contributed by atoms with van der Waals surface area (Å²) in [5.41, 5.74) is 7.60. The first-order valence-corrected chi connectivity index (χ1v) is 8.04. The van der Waals surface area contributed by atoms with Crippen LogP contribution in [0.15, 0.2) is 45.1 Å². The molecule has 0 fully saturated rings. The molecule has 6 heteroatoms. The van der Waals surface area contributed by atoms with Gasteiger partial charge >= 0.3 is 0 Å². The maximum absolute atomic E-state index is 5.86. The zero-order valence-corrected chi connectivity index (χ0v) is 12.5. The van der Waals surface area contributed by atoms with Gasteiger partial charge in [0.15, 0.2) is 0 Å². The lowest BCUT2D eigenvalue weighted by atomic mass is 10.2. The minimum Gasteiger partial charge on any atom is -0.390 e. The molecule has 0 unspecified atom stereocenters. The maximum Gasteiger partial charge on any atom is 0.261 e. The first kappa shape index (κ1) is 13.2. The number of hydrogen-bond donors (Lipinski definition) is 1. The van der Waals surface area contributed by atoms with Gasteiger partial charge in [0.1, 0.15) is 0 Å². The summed E-state index contributed by atoms with van der Waals surface area (Å²) in [5.74, 6) is 2.10. The van der Waals surface area contributed by atoms with E-state index in [4.69, 9.17) is 10.3 Å². The van der Waals surface area contributed by atoms with Gasteiger partial charge in [0.05, 0.1) is 10.6 Å². The molecule has 2 aromatic heterocycles. The number of benzene rings is 1. The molecule has 0 saturated heterocycles. The fourth-order valence-electron chi connectivity index (χ4n) is 1.81. The summed E-state index contributed by atoms with van der Waals surface area (Å²) in [6.45, 7) is 2.13. The standard InChI is InChI=1S/C14H13N3OS2/c1-2-19-10-5-3-9(4-6-10)13-16-14(18-17-13)11-7-8-20-12(11)15/h3-8H,2,15H2,1H3. The number of nitrogens with zero attached hydrogens (tertiary/aromatic N) is 2. The molecule has 0 amide bonds. The molecule has 20 heavy (non-hydrogen) atoms. The van der Waals surface area contributed by atoms with E-state index < -0.39 is 0 Å². The van der Waals surface area contributed by atoms with Crippen molar-refractivity contribution in [3.63, 3.8) is 0 Å². The molecular formula is C14H13N3OS2. The van der Waals surface area contributed by atoms with Crippen LogP contribution < -0.4 is 5.73 Å². The smallest absolute Gasteiger partial charge is 0.261 e. The van der Waals surface area contributed by atoms with E-state index in [-0.39, 0.29) is 0 Å². The van der Waals surface area contributed by atoms with Gasteiger partial charge in [-0.15, -0.1) is 23.1 Å². The highest BCUT2D eigenvalue weighted by Gasteiger charge is 2.13. The highest BCUT2D eigenvalue weighted by Crippen LogP contribution is 2.30. The molecule has 0 radical (unpaired) electrons. The second-order valence-electron chi connectivity index (χ2n) is 4.08. The number of hydrogen-bond acceptors (Lipinski definition) is 6. The van der Waals surface area contributed by atoms with Crippen LogP contribution in [0.3, 0.4) is 0 Å². The van der Waals surface area contributed by atoms with E-state index in [2.05, 4.69) is 29.2 Å². The third-order valence-corrected chi connectivity index (χ3v) is 4.42. The van der Waals surface area contributed by atoms with E-state index in [0.29, 0.717) is 16.7 Å². The molecule has 102 valence electrons. The molecular weight excluding hydrogens is 290 g/mol. The lowest BCUT2D eigenvalue weighted by Crippen LogP contribution is -1.84. The lowest BCUT2D eigenvalue weighted by Gasteiger charge is -1.98. The number of nitrogen functional groups attached to an aromatic ring is 1. The molecule has 0 bridgehead atoms. The van der Waals surface area contributed by atoms with Crippen molar-refractivity contribution in [2.45, 2.75) is 11.8 Å². The van der Waals surface area contributed by atoms with Crippen LogP contribution in [0.25, 0.3) is 22.8 Å². The van der Waals surface area contributed by atoms with Crippen molar-refractivity contribution >= 4 is 28.1 Å². The van der Waals surface area contributed by atoms with Gasteiger partial charge in [0, 0.05) is 10.5 Å². The van der Waals surface area contributed by atoms with Crippen LogP contribution in [0.2, 0.25) is 0 Å². The molecule has 0 aliphatic heterocycles. The highest BCUT2D eigenvalue weighted by molar-refractivity contribution is 7.99. The largest absolute Gasteiger partial charge is 0.390 e. The molecule has 2 heterocycles. The summed E-state index contributed by atoms with van der Waals surface area (Å²) in [5, 5.41) is 6.61. The van der Waals surface area contributed by atoms with E-state index in [9.17, 15) is 0 Å². The topological polar surface area (TPSA) is 64.9 Å². The summed E-state index contributed by atoms with van der Waals surface area (Å²) in [6.07, 6.45) is 0. The Bertz CT molecular complexity index is 703. The number of nitrogens with two attached hydrogens (primary N) is 1. The van der Waals surface area contributed by atoms with E-state index in [1.165, 1.54) is 16.2 Å². The van der Waals surface area contributed by atoms with Crippen molar-refractivity contribution in [3.05, 3.63) is 35.7 Å². The van der Waals surface area contributed by atoms with Crippen molar-refractivity contribution in [1.29, 1.82) is 0 Å². The van der Waals surface area contributed by atoms with Crippen LogP contribution in [0, 0.1) is 0 Å². The van der Waals surface area contributed by atoms with Crippen LogP contribution in [0.1, 0.15) is 6.92 Å². The van der Waals surface area contributed by atoms with Gasteiger partial charge in [-0.3, -0.25) is 0 Å². The molecule has 0 saturated carbocycles. The molecule has 0 aliphatic rings. The zero-order valence-electron chi connectivity index (χ0n) is 10.9. The zero-order chi connectivity index (χ0) is 13.9. The van der Waals surface area contributed by atoms with Gasteiger partial charge in [-0.25, -0.2) is 0 Å². The molecule has 0 aliphatic carbocycles. The summed E-state index contributed by atoms with van der Waals surface area (Å²) >= 11 is 3.26. The fraction of sp³-hybridized carbons (Fsp3) is 0.143. The average Bonchev–Trinajstić information content (AvgIpc) is 3.08. The van der Waals surface area contributed by atoms with Crippen LogP contribution in [0.5, 0.6) is 0 Å². The Balaban J connectivity index is 1.88. The third kappa shape index (κ3) is 2.57. The van der Waals surface area contributed by atoms with E-state index >= 15 is 0 Å². The Hall–Kier alpha value is -1.79. The van der Waals surface area contributed by atoms with E-state index in [1.807, 2.05) is 23.6 Å². The molecule has 0 spiro atoms.